The first-order chi connectivity index (χ1) is 16.1. The van der Waals surface area contributed by atoms with Gasteiger partial charge in [0.25, 0.3) is 0 Å². The van der Waals surface area contributed by atoms with E-state index in [0.29, 0.717) is 6.54 Å². The molecule has 0 atom stereocenters. The summed E-state index contributed by atoms with van der Waals surface area (Å²) in [5, 5.41) is 3.07. The Morgan fingerprint density at radius 1 is 1.09 bits per heavy atom. The van der Waals surface area contributed by atoms with Crippen molar-refractivity contribution in [2.75, 3.05) is 32.2 Å². The third kappa shape index (κ3) is 5.42. The van der Waals surface area contributed by atoms with Gasteiger partial charge < -0.3 is 19.7 Å². The van der Waals surface area contributed by atoms with Crippen LogP contribution >= 0.6 is 0 Å². The molecule has 2 heterocycles. The fourth-order valence-electron chi connectivity index (χ4n) is 4.17. The Bertz CT molecular complexity index is 1110. The summed E-state index contributed by atoms with van der Waals surface area (Å²) in [6, 6.07) is 15.7. The second-order valence-corrected chi connectivity index (χ2v) is 8.26. The Kier molecular flexibility index (Phi) is 7.07. The number of amides is 1. The normalized spacial score (nSPS) is 14.1. The molecule has 3 aromatic rings. The van der Waals surface area contributed by atoms with Crippen LogP contribution in [0.1, 0.15) is 24.0 Å². The Morgan fingerprint density at radius 2 is 1.91 bits per heavy atom. The number of carbonyl (C=O) groups is 1. The van der Waals surface area contributed by atoms with Gasteiger partial charge >= 0.3 is 0 Å². The summed E-state index contributed by atoms with van der Waals surface area (Å²) in [6.07, 6.45) is 3.37. The van der Waals surface area contributed by atoms with Gasteiger partial charge in [0.2, 0.25) is 5.91 Å². The summed E-state index contributed by atoms with van der Waals surface area (Å²) in [6.45, 7) is 4.04. The zero-order valence-corrected chi connectivity index (χ0v) is 19.4. The van der Waals surface area contributed by atoms with Crippen molar-refractivity contribution in [3.63, 3.8) is 0 Å². The molecule has 7 nitrogen and oxygen atoms in total. The van der Waals surface area contributed by atoms with Crippen LogP contribution in [-0.4, -0.2) is 43.2 Å². The van der Waals surface area contributed by atoms with Gasteiger partial charge in [-0.3, -0.25) is 4.79 Å². The van der Waals surface area contributed by atoms with Crippen LogP contribution in [0, 0.1) is 12.8 Å². The van der Waals surface area contributed by atoms with Gasteiger partial charge in [-0.1, -0.05) is 23.8 Å². The second-order valence-electron chi connectivity index (χ2n) is 8.26. The van der Waals surface area contributed by atoms with Crippen molar-refractivity contribution in [1.82, 2.24) is 15.3 Å². The maximum atomic E-state index is 12.8. The fraction of sp³-hybridized carbons (Fsp3) is 0.346. The molecule has 7 heteroatoms. The van der Waals surface area contributed by atoms with Gasteiger partial charge in [0.05, 0.1) is 14.2 Å². The molecular weight excluding hydrogens is 416 g/mol. The van der Waals surface area contributed by atoms with Crippen LogP contribution in [-0.2, 0) is 11.3 Å². The lowest BCUT2D eigenvalue weighted by Gasteiger charge is -2.32. The number of nitrogens with one attached hydrogen (secondary N) is 1. The molecule has 1 amide bonds. The number of methoxy groups -OCH3 is 2. The first-order valence-corrected chi connectivity index (χ1v) is 11.2. The number of anilines is 1. The predicted octanol–water partition coefficient (Wildman–Crippen LogP) is 4.00. The van der Waals surface area contributed by atoms with Gasteiger partial charge in [0.1, 0.15) is 17.3 Å². The number of aromatic nitrogens is 2. The van der Waals surface area contributed by atoms with Gasteiger partial charge in [0, 0.05) is 42.9 Å². The van der Waals surface area contributed by atoms with E-state index in [1.54, 1.807) is 20.4 Å². The molecule has 0 spiro atoms. The lowest BCUT2D eigenvalue weighted by atomic mass is 9.95. The number of hydrogen-bond donors (Lipinski definition) is 1. The predicted molar refractivity (Wildman–Crippen MR) is 129 cm³/mol. The van der Waals surface area contributed by atoms with E-state index >= 15 is 0 Å². The molecule has 1 fully saturated rings. The molecule has 0 radical (unpaired) electrons. The smallest absolute Gasteiger partial charge is 0.223 e. The quantitative estimate of drug-likeness (QED) is 0.591. The molecule has 0 unspecified atom stereocenters. The number of nitrogens with zero attached hydrogens (tertiary/aromatic N) is 3. The summed E-state index contributed by atoms with van der Waals surface area (Å²) in [5.41, 5.74) is 3.09. The molecule has 172 valence electrons. The van der Waals surface area contributed by atoms with Gasteiger partial charge in [0.15, 0.2) is 5.82 Å². The van der Waals surface area contributed by atoms with Crippen LogP contribution in [0.2, 0.25) is 0 Å². The van der Waals surface area contributed by atoms with E-state index in [1.807, 2.05) is 36.4 Å². The highest BCUT2D eigenvalue weighted by Crippen LogP contribution is 2.26. The molecule has 2 aromatic carbocycles. The molecule has 1 aromatic heterocycles. The third-order valence-corrected chi connectivity index (χ3v) is 6.05. The highest BCUT2D eigenvalue weighted by Gasteiger charge is 2.26. The molecule has 1 saturated heterocycles. The van der Waals surface area contributed by atoms with Crippen molar-refractivity contribution in [2.45, 2.75) is 26.3 Å². The maximum absolute atomic E-state index is 12.8. The first kappa shape index (κ1) is 22.6. The highest BCUT2D eigenvalue weighted by atomic mass is 16.5. The largest absolute Gasteiger partial charge is 0.497 e. The third-order valence-electron chi connectivity index (χ3n) is 6.05. The summed E-state index contributed by atoms with van der Waals surface area (Å²) < 4.78 is 10.7. The minimum absolute atomic E-state index is 0.0177. The Labute approximate surface area is 194 Å². The highest BCUT2D eigenvalue weighted by molar-refractivity contribution is 5.79. The Balaban J connectivity index is 1.35. The molecule has 1 aliphatic rings. The summed E-state index contributed by atoms with van der Waals surface area (Å²) >= 11 is 0. The second kappa shape index (κ2) is 10.3. The lowest BCUT2D eigenvalue weighted by molar-refractivity contribution is -0.125. The van der Waals surface area contributed by atoms with E-state index in [0.717, 1.165) is 60.2 Å². The van der Waals surface area contributed by atoms with Crippen molar-refractivity contribution in [3.8, 4) is 22.9 Å². The van der Waals surface area contributed by atoms with Crippen LogP contribution < -0.4 is 19.7 Å². The van der Waals surface area contributed by atoms with Crippen LogP contribution in [0.4, 0.5) is 5.82 Å². The molecule has 1 aliphatic heterocycles. The minimum Gasteiger partial charge on any atom is -0.497 e. The molecule has 0 saturated carbocycles. The number of aryl methyl sites for hydroxylation is 1. The zero-order valence-electron chi connectivity index (χ0n) is 19.4. The van der Waals surface area contributed by atoms with Crippen LogP contribution in [0.5, 0.6) is 11.5 Å². The van der Waals surface area contributed by atoms with E-state index in [-0.39, 0.29) is 11.8 Å². The summed E-state index contributed by atoms with van der Waals surface area (Å²) in [7, 11) is 3.25. The van der Waals surface area contributed by atoms with E-state index in [1.165, 1.54) is 5.56 Å². The van der Waals surface area contributed by atoms with Gasteiger partial charge in [-0.15, -0.1) is 0 Å². The van der Waals surface area contributed by atoms with Crippen LogP contribution in [0.3, 0.4) is 0 Å². The number of carbonyl (C=O) groups excluding carboxylic acids is 1. The van der Waals surface area contributed by atoms with Crippen LogP contribution in [0.25, 0.3) is 11.4 Å². The fourth-order valence-corrected chi connectivity index (χ4v) is 4.17. The van der Waals surface area contributed by atoms with E-state index in [2.05, 4.69) is 34.3 Å². The molecule has 33 heavy (non-hydrogen) atoms. The maximum Gasteiger partial charge on any atom is 0.223 e. The number of rotatable bonds is 7. The summed E-state index contributed by atoms with van der Waals surface area (Å²) in [4.78, 5) is 24.3. The van der Waals surface area contributed by atoms with Crippen molar-refractivity contribution in [1.29, 1.82) is 0 Å². The molecule has 1 N–H and O–H groups in total. The number of benzene rings is 2. The van der Waals surface area contributed by atoms with Crippen LogP contribution in [0.15, 0.2) is 54.7 Å². The first-order valence-electron chi connectivity index (χ1n) is 11.2. The van der Waals surface area contributed by atoms with E-state index in [9.17, 15) is 4.79 Å². The van der Waals surface area contributed by atoms with Gasteiger partial charge in [-0.25, -0.2) is 9.97 Å². The standard InChI is InChI=1S/C26H30N4O3/c1-18-5-4-6-20(15-18)25-27-12-9-24(29-25)30-13-10-19(11-14-30)26(31)28-17-21-16-22(32-2)7-8-23(21)33-3/h4-9,12,15-16,19H,10-11,13-14,17H2,1-3H3,(H,28,31). The minimum atomic E-state index is -0.0177. The SMILES string of the molecule is COc1ccc(OC)c(CNC(=O)C2CCN(c3ccnc(-c4cccc(C)c4)n3)CC2)c1. The average molecular weight is 447 g/mol. The van der Waals surface area contributed by atoms with E-state index < -0.39 is 0 Å². The van der Waals surface area contributed by atoms with Crippen molar-refractivity contribution in [2.24, 2.45) is 5.92 Å². The topological polar surface area (TPSA) is 76.6 Å². The van der Waals surface area contributed by atoms with Gasteiger partial charge in [-0.05, 0) is 50.1 Å². The molecular formula is C26H30N4O3. The summed E-state index contributed by atoms with van der Waals surface area (Å²) in [5.74, 6) is 3.16. The monoisotopic (exact) mass is 446 g/mol. The molecule has 0 aliphatic carbocycles. The average Bonchev–Trinajstić information content (AvgIpc) is 2.87. The van der Waals surface area contributed by atoms with E-state index in [4.69, 9.17) is 14.5 Å². The van der Waals surface area contributed by atoms with Crippen molar-refractivity contribution < 1.29 is 14.3 Å². The number of ether oxygens (including phenoxy) is 2. The zero-order chi connectivity index (χ0) is 23.2. The Hall–Kier alpha value is -3.61. The number of hydrogen-bond acceptors (Lipinski definition) is 6. The van der Waals surface area contributed by atoms with Crippen molar-refractivity contribution >= 4 is 11.7 Å². The molecule has 0 bridgehead atoms. The Morgan fingerprint density at radius 3 is 2.64 bits per heavy atom. The lowest BCUT2D eigenvalue weighted by Crippen LogP contribution is -2.40. The van der Waals surface area contributed by atoms with Crippen molar-refractivity contribution in [3.05, 3.63) is 65.9 Å². The van der Waals surface area contributed by atoms with Gasteiger partial charge in [-0.2, -0.15) is 0 Å². The number of piperidine rings is 1. The molecule has 4 rings (SSSR count).